The van der Waals surface area contributed by atoms with E-state index in [2.05, 4.69) is 4.98 Å². The van der Waals surface area contributed by atoms with Gasteiger partial charge >= 0.3 is 5.97 Å². The maximum atomic E-state index is 14.0. The molecule has 3 rings (SSSR count). The number of anilines is 1. The lowest BCUT2D eigenvalue weighted by molar-refractivity contribution is -0.144. The number of benzene rings is 2. The van der Waals surface area contributed by atoms with Crippen LogP contribution in [0, 0.1) is 11.6 Å². The summed E-state index contributed by atoms with van der Waals surface area (Å²) in [5.41, 5.74) is 1.67. The smallest absolute Gasteiger partial charge is 0.306 e. The minimum absolute atomic E-state index is 0.0247. The van der Waals surface area contributed by atoms with Crippen LogP contribution in [0.25, 0.3) is 10.2 Å². The summed E-state index contributed by atoms with van der Waals surface area (Å²) < 4.78 is 33.0. The molecule has 1 heterocycles. The van der Waals surface area contributed by atoms with E-state index < -0.39 is 17.6 Å². The molecule has 158 valence electrons. The Bertz CT molecular complexity index is 1070. The highest BCUT2D eigenvalue weighted by atomic mass is 32.1. The summed E-state index contributed by atoms with van der Waals surface area (Å²) in [6, 6.07) is 10.0. The number of carbonyl (C=O) groups excluding carboxylic acids is 2. The van der Waals surface area contributed by atoms with Gasteiger partial charge in [-0.3, -0.25) is 9.59 Å². The first-order chi connectivity index (χ1) is 14.4. The third-order valence-corrected chi connectivity index (χ3v) is 5.57. The zero-order valence-electron chi connectivity index (χ0n) is 16.8. The molecule has 0 saturated carbocycles. The number of carbonyl (C=O) groups is 2. The number of amides is 1. The Balaban J connectivity index is 1.89. The number of nitrogens with zero attached hydrogens (tertiary/aromatic N) is 2. The summed E-state index contributed by atoms with van der Waals surface area (Å²) in [5.74, 6) is -2.67. The molecule has 0 N–H and O–H groups in total. The molecule has 30 heavy (non-hydrogen) atoms. The first kappa shape index (κ1) is 21.8. The highest BCUT2D eigenvalue weighted by Gasteiger charge is 2.21. The highest BCUT2D eigenvalue weighted by molar-refractivity contribution is 7.18. The Hall–Kier alpha value is -2.87. The summed E-state index contributed by atoms with van der Waals surface area (Å²) >= 11 is 1.20. The normalized spacial score (nSPS) is 10.9. The number of hydrogen-bond donors (Lipinski definition) is 0. The molecule has 0 fully saturated rings. The fraction of sp³-hybridized carbons (Fsp3) is 0.318. The Morgan fingerprint density at radius 3 is 2.67 bits per heavy atom. The Labute approximate surface area is 177 Å². The van der Waals surface area contributed by atoms with Crippen molar-refractivity contribution < 1.29 is 23.1 Å². The maximum absolute atomic E-state index is 14.0. The zero-order chi connectivity index (χ0) is 21.7. The lowest BCUT2D eigenvalue weighted by Gasteiger charge is -2.22. The van der Waals surface area contributed by atoms with Gasteiger partial charge in [0.1, 0.15) is 10.5 Å². The quantitative estimate of drug-likeness (QED) is 0.470. The number of esters is 1. The van der Waals surface area contributed by atoms with Crippen molar-refractivity contribution >= 4 is 39.1 Å². The molecule has 0 aliphatic heterocycles. The van der Waals surface area contributed by atoms with Gasteiger partial charge in [0.2, 0.25) is 5.91 Å². The number of ether oxygens (including phenoxy) is 1. The fourth-order valence-corrected chi connectivity index (χ4v) is 3.98. The molecule has 1 amide bonds. The molecule has 0 aliphatic rings. The monoisotopic (exact) mass is 432 g/mol. The van der Waals surface area contributed by atoms with Crippen molar-refractivity contribution in [1.29, 1.82) is 0 Å². The van der Waals surface area contributed by atoms with Gasteiger partial charge in [0.25, 0.3) is 0 Å². The maximum Gasteiger partial charge on any atom is 0.306 e. The van der Waals surface area contributed by atoms with Crippen LogP contribution in [-0.4, -0.2) is 23.5 Å². The number of rotatable bonds is 8. The van der Waals surface area contributed by atoms with E-state index in [-0.39, 0.29) is 37.4 Å². The third kappa shape index (κ3) is 4.99. The second-order valence-electron chi connectivity index (χ2n) is 6.62. The fourth-order valence-electron chi connectivity index (χ4n) is 3.03. The minimum Gasteiger partial charge on any atom is -0.466 e. The van der Waals surface area contributed by atoms with Crippen molar-refractivity contribution in [1.82, 2.24) is 4.98 Å². The van der Waals surface area contributed by atoms with Gasteiger partial charge in [-0.05, 0) is 43.2 Å². The van der Waals surface area contributed by atoms with E-state index in [1.807, 2.05) is 25.1 Å². The van der Waals surface area contributed by atoms with Gasteiger partial charge in [-0.2, -0.15) is 0 Å². The molecule has 8 heteroatoms. The Morgan fingerprint density at radius 1 is 1.13 bits per heavy atom. The second-order valence-corrected chi connectivity index (χ2v) is 7.74. The summed E-state index contributed by atoms with van der Waals surface area (Å²) in [5, 5.41) is 0.473. The average Bonchev–Trinajstić information content (AvgIpc) is 3.17. The summed E-state index contributed by atoms with van der Waals surface area (Å²) in [4.78, 5) is 30.3. The predicted molar refractivity (Wildman–Crippen MR) is 112 cm³/mol. The van der Waals surface area contributed by atoms with Crippen LogP contribution >= 0.6 is 11.3 Å². The number of aryl methyl sites for hydroxylation is 1. The van der Waals surface area contributed by atoms with E-state index in [1.165, 1.54) is 22.3 Å². The Morgan fingerprint density at radius 2 is 1.93 bits per heavy atom. The van der Waals surface area contributed by atoms with Gasteiger partial charge < -0.3 is 9.64 Å². The van der Waals surface area contributed by atoms with Gasteiger partial charge in [-0.15, -0.1) is 11.3 Å². The first-order valence-electron chi connectivity index (χ1n) is 9.71. The van der Waals surface area contributed by atoms with Crippen molar-refractivity contribution in [2.45, 2.75) is 39.7 Å². The number of hydrogen-bond acceptors (Lipinski definition) is 5. The van der Waals surface area contributed by atoms with Crippen molar-refractivity contribution in [3.63, 3.8) is 0 Å². The zero-order valence-corrected chi connectivity index (χ0v) is 17.6. The average molecular weight is 432 g/mol. The van der Waals surface area contributed by atoms with Crippen LogP contribution in [0.15, 0.2) is 36.4 Å². The second kappa shape index (κ2) is 9.75. The molecule has 5 nitrogen and oxygen atoms in total. The molecule has 0 radical (unpaired) electrons. The van der Waals surface area contributed by atoms with Gasteiger partial charge in [-0.1, -0.05) is 19.1 Å². The first-order valence-corrected chi connectivity index (χ1v) is 10.5. The molecule has 0 bridgehead atoms. The third-order valence-electron chi connectivity index (χ3n) is 4.57. The largest absolute Gasteiger partial charge is 0.466 e. The predicted octanol–water partition coefficient (Wildman–Crippen LogP) is 5.01. The standard InChI is InChI=1S/C22H22F2N2O3S/c1-3-14-6-5-7-15(12-14)26(19(27)10-11-20(28)29-4-2)13-18-25-22-17(30-18)9-8-16(23)21(22)24/h5-9,12H,3-4,10-11,13H2,1-2H3. The molecule has 0 spiro atoms. The molecule has 2 aromatic carbocycles. The van der Waals surface area contributed by atoms with Gasteiger partial charge in [0.15, 0.2) is 11.6 Å². The molecule has 0 atom stereocenters. The molecule has 1 aromatic heterocycles. The molecule has 0 saturated heterocycles. The SMILES string of the molecule is CCOC(=O)CCC(=O)N(Cc1nc2c(F)c(F)ccc2s1)c1cccc(CC)c1. The van der Waals surface area contributed by atoms with E-state index in [4.69, 9.17) is 4.74 Å². The van der Waals surface area contributed by atoms with E-state index in [9.17, 15) is 18.4 Å². The van der Waals surface area contributed by atoms with Gasteiger partial charge in [0, 0.05) is 12.1 Å². The van der Waals surface area contributed by atoms with Crippen LogP contribution in [0.5, 0.6) is 0 Å². The molecular weight excluding hydrogens is 410 g/mol. The highest BCUT2D eigenvalue weighted by Crippen LogP contribution is 2.28. The topological polar surface area (TPSA) is 59.5 Å². The summed E-state index contributed by atoms with van der Waals surface area (Å²) in [6.45, 7) is 4.06. The van der Waals surface area contributed by atoms with E-state index in [0.717, 1.165) is 18.1 Å². The van der Waals surface area contributed by atoms with Crippen molar-refractivity contribution in [3.05, 3.63) is 58.6 Å². The van der Waals surface area contributed by atoms with E-state index in [1.54, 1.807) is 13.0 Å². The summed E-state index contributed by atoms with van der Waals surface area (Å²) in [6.07, 6.45) is 0.740. The van der Waals surface area contributed by atoms with Crippen LogP contribution < -0.4 is 4.90 Å². The molecule has 0 aliphatic carbocycles. The van der Waals surface area contributed by atoms with Crippen LogP contribution in [0.3, 0.4) is 0 Å². The van der Waals surface area contributed by atoms with Gasteiger partial charge in [0.05, 0.1) is 24.3 Å². The van der Waals surface area contributed by atoms with Crippen LogP contribution in [0.2, 0.25) is 0 Å². The molecular formula is C22H22F2N2O3S. The number of fused-ring (bicyclic) bond motifs is 1. The van der Waals surface area contributed by atoms with Crippen LogP contribution in [-0.2, 0) is 27.3 Å². The lowest BCUT2D eigenvalue weighted by Crippen LogP contribution is -2.30. The Kier molecular flexibility index (Phi) is 7.10. The van der Waals surface area contributed by atoms with E-state index in [0.29, 0.717) is 15.4 Å². The van der Waals surface area contributed by atoms with Crippen molar-refractivity contribution in [3.8, 4) is 0 Å². The minimum atomic E-state index is -0.997. The molecule has 0 unspecified atom stereocenters. The van der Waals surface area contributed by atoms with E-state index >= 15 is 0 Å². The number of halogens is 2. The lowest BCUT2D eigenvalue weighted by atomic mass is 10.1. The number of aromatic nitrogens is 1. The molecule has 3 aromatic rings. The van der Waals surface area contributed by atoms with Crippen molar-refractivity contribution in [2.24, 2.45) is 0 Å². The number of thiazole rings is 1. The van der Waals surface area contributed by atoms with Gasteiger partial charge in [-0.25, -0.2) is 13.8 Å². The van der Waals surface area contributed by atoms with Crippen LogP contribution in [0.1, 0.15) is 37.3 Å². The summed E-state index contributed by atoms with van der Waals surface area (Å²) in [7, 11) is 0. The van der Waals surface area contributed by atoms with Crippen LogP contribution in [0.4, 0.5) is 14.5 Å². The van der Waals surface area contributed by atoms with Crippen molar-refractivity contribution in [2.75, 3.05) is 11.5 Å².